The summed E-state index contributed by atoms with van der Waals surface area (Å²) in [4.78, 5) is 3.89. The highest BCUT2D eigenvalue weighted by atomic mass is 14.9. The normalized spacial score (nSPS) is 16.7. The Morgan fingerprint density at radius 3 is 2.45 bits per heavy atom. The van der Waals surface area contributed by atoms with Gasteiger partial charge in [0.2, 0.25) is 0 Å². The molecule has 11 heavy (non-hydrogen) atoms. The Hall–Kier alpha value is -1.38. The van der Waals surface area contributed by atoms with Crippen molar-refractivity contribution in [3.63, 3.8) is 0 Å². The van der Waals surface area contributed by atoms with E-state index in [-0.39, 0.29) is 0 Å². The zero-order chi connectivity index (χ0) is 8.53. The maximum Gasteiger partial charge on any atom is 0.0522 e. The first-order valence-electron chi connectivity index (χ1n) is 3.41. The van der Waals surface area contributed by atoms with Crippen molar-refractivity contribution < 1.29 is 0 Å². The molecule has 60 valence electrons. The maximum absolute atomic E-state index is 6.08. The topological polar surface area (TPSA) is 48.2 Å². The molecule has 1 aliphatic rings. The number of rotatable bonds is 0. The number of allylic oxidation sites excluding steroid dienone is 2. The van der Waals surface area contributed by atoms with E-state index >= 15 is 0 Å². The van der Waals surface area contributed by atoms with Crippen molar-refractivity contribution in [1.29, 1.82) is 5.41 Å². The van der Waals surface area contributed by atoms with E-state index < -0.39 is 0 Å². The van der Waals surface area contributed by atoms with Crippen molar-refractivity contribution in [2.75, 3.05) is 0 Å². The van der Waals surface area contributed by atoms with E-state index in [0.717, 1.165) is 5.70 Å². The van der Waals surface area contributed by atoms with Gasteiger partial charge in [0, 0.05) is 18.6 Å². The third-order valence-electron chi connectivity index (χ3n) is 0.935. The van der Waals surface area contributed by atoms with Gasteiger partial charge in [0.15, 0.2) is 0 Å². The van der Waals surface area contributed by atoms with Crippen LogP contribution in [-0.2, 0) is 0 Å². The first-order valence-corrected chi connectivity index (χ1v) is 3.41. The second-order valence-electron chi connectivity index (χ2n) is 1.77. The Kier molecular flexibility index (Phi) is 5.89. The van der Waals surface area contributed by atoms with Gasteiger partial charge >= 0.3 is 0 Å². The molecule has 0 spiro atoms. The van der Waals surface area contributed by atoms with Gasteiger partial charge in [-0.2, -0.15) is 0 Å². The molecule has 2 N–H and O–H groups in total. The van der Waals surface area contributed by atoms with Gasteiger partial charge in [-0.1, -0.05) is 6.08 Å². The van der Waals surface area contributed by atoms with Gasteiger partial charge < -0.3 is 10.7 Å². The maximum atomic E-state index is 6.08. The molecule has 0 bridgehead atoms. The van der Waals surface area contributed by atoms with Crippen LogP contribution < -0.4 is 5.32 Å². The molecule has 0 aliphatic carbocycles. The minimum absolute atomic E-state index is 1.05. The molecular weight excluding hydrogens is 138 g/mol. The molecule has 0 unspecified atom stereocenters. The first-order chi connectivity index (χ1) is 5.35. The average Bonchev–Trinajstić information content (AvgIpc) is 2.08. The van der Waals surface area contributed by atoms with Gasteiger partial charge in [-0.25, -0.2) is 0 Å². The summed E-state index contributed by atoms with van der Waals surface area (Å²) in [5, 5.41) is 9.08. The Morgan fingerprint density at radius 2 is 2.18 bits per heavy atom. The number of aliphatic imine (C=N–C) groups is 1. The summed E-state index contributed by atoms with van der Waals surface area (Å²) >= 11 is 0. The zero-order valence-corrected chi connectivity index (χ0v) is 6.83. The highest BCUT2D eigenvalue weighted by molar-refractivity contribution is 5.79. The van der Waals surface area contributed by atoms with E-state index in [4.69, 9.17) is 5.41 Å². The third kappa shape index (κ3) is 5.08. The third-order valence-corrected chi connectivity index (χ3v) is 0.935. The van der Waals surface area contributed by atoms with Crippen molar-refractivity contribution >= 4 is 12.4 Å². The lowest BCUT2D eigenvalue weighted by atomic mass is 10.4. The standard InChI is InChI=1S/C6H8N2.C2H5N/c1-2-6-5-7-3-4-8-6;1-2-3/h2-5,8H,1H3;2-3H,1H3/b6-2+;. The predicted octanol–water partition coefficient (Wildman–Crippen LogP) is 1.69. The molecule has 0 aromatic carbocycles. The lowest BCUT2D eigenvalue weighted by molar-refractivity contribution is 1.11. The fraction of sp³-hybridized carbons (Fsp3) is 0.250. The van der Waals surface area contributed by atoms with E-state index in [1.54, 1.807) is 25.5 Å². The van der Waals surface area contributed by atoms with Gasteiger partial charge in [0.1, 0.15) is 0 Å². The number of nitrogens with one attached hydrogen (secondary N) is 2. The van der Waals surface area contributed by atoms with E-state index in [1.807, 2.05) is 13.0 Å². The quantitative estimate of drug-likeness (QED) is 0.508. The Morgan fingerprint density at radius 1 is 1.55 bits per heavy atom. The average molecular weight is 151 g/mol. The molecule has 0 saturated heterocycles. The number of nitrogens with zero attached hydrogens (tertiary/aromatic N) is 1. The Bertz CT molecular complexity index is 190. The molecule has 3 nitrogen and oxygen atoms in total. The second kappa shape index (κ2) is 6.74. The lowest BCUT2D eigenvalue weighted by Gasteiger charge is -2.00. The minimum Gasteiger partial charge on any atom is -0.359 e. The van der Waals surface area contributed by atoms with Crippen molar-refractivity contribution in [2.24, 2.45) is 4.99 Å². The molecule has 0 aromatic heterocycles. The summed E-state index contributed by atoms with van der Waals surface area (Å²) in [7, 11) is 0. The Labute approximate surface area is 67.0 Å². The van der Waals surface area contributed by atoms with Crippen molar-refractivity contribution in [2.45, 2.75) is 13.8 Å². The monoisotopic (exact) mass is 151 g/mol. The summed E-state index contributed by atoms with van der Waals surface area (Å²) in [5.74, 6) is 0. The minimum atomic E-state index is 1.05. The molecule has 3 heteroatoms. The summed E-state index contributed by atoms with van der Waals surface area (Å²) in [6.45, 7) is 3.63. The van der Waals surface area contributed by atoms with Gasteiger partial charge in [0.25, 0.3) is 0 Å². The largest absolute Gasteiger partial charge is 0.359 e. The predicted molar refractivity (Wildman–Crippen MR) is 49.0 cm³/mol. The second-order valence-corrected chi connectivity index (χ2v) is 1.77. The fourth-order valence-corrected chi connectivity index (χ4v) is 0.495. The smallest absolute Gasteiger partial charge is 0.0522 e. The van der Waals surface area contributed by atoms with Crippen LogP contribution in [0, 0.1) is 5.41 Å². The van der Waals surface area contributed by atoms with Crippen molar-refractivity contribution in [1.82, 2.24) is 5.32 Å². The van der Waals surface area contributed by atoms with E-state index in [1.165, 1.54) is 6.21 Å². The molecule has 0 amide bonds. The molecule has 0 radical (unpaired) electrons. The highest BCUT2D eigenvalue weighted by Gasteiger charge is 1.86. The SMILES string of the molecule is C/C=C1\C=NC=CN1.CC=N. The summed E-state index contributed by atoms with van der Waals surface area (Å²) in [5.41, 5.74) is 1.05. The van der Waals surface area contributed by atoms with Crippen LogP contribution in [0.25, 0.3) is 0 Å². The van der Waals surface area contributed by atoms with Gasteiger partial charge in [-0.3, -0.25) is 4.99 Å². The molecule has 0 atom stereocenters. The first kappa shape index (κ1) is 9.62. The summed E-state index contributed by atoms with van der Waals surface area (Å²) < 4.78 is 0. The molecule has 0 fully saturated rings. The van der Waals surface area contributed by atoms with E-state index in [2.05, 4.69) is 10.3 Å². The van der Waals surface area contributed by atoms with E-state index in [0.29, 0.717) is 0 Å². The summed E-state index contributed by atoms with van der Waals surface area (Å²) in [6.07, 6.45) is 8.51. The van der Waals surface area contributed by atoms with Gasteiger partial charge in [-0.05, 0) is 20.1 Å². The van der Waals surface area contributed by atoms with Crippen LogP contribution >= 0.6 is 0 Å². The van der Waals surface area contributed by atoms with Crippen LogP contribution in [0.15, 0.2) is 29.2 Å². The van der Waals surface area contributed by atoms with Crippen LogP contribution in [0.2, 0.25) is 0 Å². The molecular formula is C8H13N3. The van der Waals surface area contributed by atoms with Gasteiger partial charge in [0.05, 0.1) is 5.70 Å². The molecule has 0 aromatic rings. The number of hydrogen-bond acceptors (Lipinski definition) is 3. The van der Waals surface area contributed by atoms with Crippen LogP contribution in [0.5, 0.6) is 0 Å². The van der Waals surface area contributed by atoms with Crippen LogP contribution in [0.1, 0.15) is 13.8 Å². The molecule has 1 rings (SSSR count). The lowest BCUT2D eigenvalue weighted by Crippen LogP contribution is -2.07. The van der Waals surface area contributed by atoms with Crippen LogP contribution in [-0.4, -0.2) is 12.4 Å². The highest BCUT2D eigenvalue weighted by Crippen LogP contribution is 1.89. The number of hydrogen-bond donors (Lipinski definition) is 2. The van der Waals surface area contributed by atoms with Crippen LogP contribution in [0.4, 0.5) is 0 Å². The van der Waals surface area contributed by atoms with Gasteiger partial charge in [-0.15, -0.1) is 0 Å². The molecule has 0 saturated carbocycles. The zero-order valence-electron chi connectivity index (χ0n) is 6.83. The van der Waals surface area contributed by atoms with E-state index in [9.17, 15) is 0 Å². The van der Waals surface area contributed by atoms with Crippen molar-refractivity contribution in [3.05, 3.63) is 24.2 Å². The summed E-state index contributed by atoms with van der Waals surface area (Å²) in [6, 6.07) is 0. The Balaban J connectivity index is 0.000000292. The van der Waals surface area contributed by atoms with Crippen molar-refractivity contribution in [3.8, 4) is 0 Å². The molecule has 1 heterocycles. The van der Waals surface area contributed by atoms with Crippen LogP contribution in [0.3, 0.4) is 0 Å². The molecule has 1 aliphatic heterocycles. The fourth-order valence-electron chi connectivity index (χ4n) is 0.495.